The minimum Gasteiger partial charge on any atom is -0.329 e. The van der Waals surface area contributed by atoms with Crippen LogP contribution < -0.4 is 5.32 Å². The summed E-state index contributed by atoms with van der Waals surface area (Å²) in [4.78, 5) is 8.44. The van der Waals surface area contributed by atoms with E-state index in [2.05, 4.69) is 21.4 Å². The van der Waals surface area contributed by atoms with Crippen LogP contribution in [0.25, 0.3) is 10.2 Å². The fraction of sp³-hybridized carbons (Fsp3) is 0. The van der Waals surface area contributed by atoms with Gasteiger partial charge in [0.2, 0.25) is 0 Å². The van der Waals surface area contributed by atoms with Crippen molar-refractivity contribution in [2.75, 3.05) is 5.32 Å². The number of aromatic nitrogens is 2. The second kappa shape index (κ2) is 4.84. The van der Waals surface area contributed by atoms with Gasteiger partial charge in [0.1, 0.15) is 6.07 Å². The molecule has 2 aromatic heterocycles. The van der Waals surface area contributed by atoms with Gasteiger partial charge in [0.05, 0.1) is 27.7 Å². The Balaban J connectivity index is 1.99. The van der Waals surface area contributed by atoms with Gasteiger partial charge in [0, 0.05) is 11.2 Å². The number of hydrogen-bond acceptors (Lipinski definition) is 5. The summed E-state index contributed by atoms with van der Waals surface area (Å²) in [5.74, 6) is 0. The summed E-state index contributed by atoms with van der Waals surface area (Å²) < 4.78 is 0.998. The van der Waals surface area contributed by atoms with E-state index in [4.69, 9.17) is 16.9 Å². The number of rotatable bonds is 2. The van der Waals surface area contributed by atoms with E-state index < -0.39 is 0 Å². The van der Waals surface area contributed by atoms with E-state index in [1.807, 2.05) is 12.1 Å². The molecule has 0 radical (unpaired) electrons. The summed E-state index contributed by atoms with van der Waals surface area (Å²) in [5, 5.41) is 13.5. The Labute approximate surface area is 118 Å². The maximum absolute atomic E-state index is 9.02. The predicted octanol–water partition coefficient (Wildman–Crippen LogP) is 3.96. The van der Waals surface area contributed by atoms with Gasteiger partial charge in [-0.2, -0.15) is 5.26 Å². The minimum atomic E-state index is 0.535. The molecule has 0 atom stereocenters. The summed E-state index contributed by atoms with van der Waals surface area (Å²) in [6, 6.07) is 9.31. The number of halogens is 1. The van der Waals surface area contributed by atoms with Gasteiger partial charge in [-0.05, 0) is 24.3 Å². The van der Waals surface area contributed by atoms with Gasteiger partial charge in [-0.25, -0.2) is 4.98 Å². The van der Waals surface area contributed by atoms with Crippen LogP contribution in [0.4, 0.5) is 10.8 Å². The molecular weight excluding hydrogens is 280 g/mol. The number of pyridine rings is 1. The number of thiazole rings is 1. The van der Waals surface area contributed by atoms with Crippen molar-refractivity contribution >= 4 is 44.0 Å². The number of nitrogens with zero attached hydrogens (tertiary/aromatic N) is 3. The Morgan fingerprint density at radius 1 is 1.32 bits per heavy atom. The molecule has 0 saturated carbocycles. The fourth-order valence-electron chi connectivity index (χ4n) is 1.66. The van der Waals surface area contributed by atoms with Crippen molar-refractivity contribution in [2.24, 2.45) is 0 Å². The summed E-state index contributed by atoms with van der Waals surface area (Å²) in [6.07, 6.45) is 3.19. The summed E-state index contributed by atoms with van der Waals surface area (Å²) in [7, 11) is 0. The zero-order chi connectivity index (χ0) is 13.2. The Bertz CT molecular complexity index is 791. The number of nitriles is 1. The minimum absolute atomic E-state index is 0.535. The lowest BCUT2D eigenvalue weighted by Crippen LogP contribution is -1.93. The molecule has 1 N–H and O–H groups in total. The van der Waals surface area contributed by atoms with Crippen LogP contribution in [0, 0.1) is 11.3 Å². The first-order chi connectivity index (χ1) is 9.26. The number of fused-ring (bicyclic) bond motifs is 1. The highest BCUT2D eigenvalue weighted by atomic mass is 35.5. The van der Waals surface area contributed by atoms with Crippen LogP contribution in [0.1, 0.15) is 5.56 Å². The van der Waals surface area contributed by atoms with Crippen LogP contribution in [0.2, 0.25) is 5.02 Å². The Kier molecular flexibility index (Phi) is 3.03. The van der Waals surface area contributed by atoms with E-state index in [1.165, 1.54) is 11.3 Å². The van der Waals surface area contributed by atoms with E-state index in [-0.39, 0.29) is 0 Å². The second-order valence-corrected chi connectivity index (χ2v) is 5.26. The first-order valence-corrected chi connectivity index (χ1v) is 6.63. The largest absolute Gasteiger partial charge is 0.329 e. The summed E-state index contributed by atoms with van der Waals surface area (Å²) >= 11 is 7.42. The third-order valence-corrected chi connectivity index (χ3v) is 3.70. The van der Waals surface area contributed by atoms with Gasteiger partial charge in [-0.15, -0.1) is 0 Å². The molecule has 0 aliphatic carbocycles. The molecule has 3 aromatic rings. The smallest absolute Gasteiger partial charge is 0.188 e. The molecule has 0 aliphatic heterocycles. The summed E-state index contributed by atoms with van der Waals surface area (Å²) in [5.41, 5.74) is 2.06. The topological polar surface area (TPSA) is 61.6 Å². The highest BCUT2D eigenvalue weighted by Crippen LogP contribution is 2.30. The molecule has 0 spiro atoms. The van der Waals surface area contributed by atoms with Crippen molar-refractivity contribution in [1.29, 1.82) is 5.26 Å². The number of hydrogen-bond donors (Lipinski definition) is 1. The molecule has 0 amide bonds. The molecule has 0 unspecified atom stereocenters. The van der Waals surface area contributed by atoms with E-state index in [0.717, 1.165) is 10.2 Å². The third kappa shape index (κ3) is 2.36. The SMILES string of the molecule is N#Cc1ccncc1Nc1nc2ccc(Cl)cc2s1. The van der Waals surface area contributed by atoms with Crippen molar-refractivity contribution in [2.45, 2.75) is 0 Å². The van der Waals surface area contributed by atoms with Gasteiger partial charge in [-0.1, -0.05) is 22.9 Å². The number of benzene rings is 1. The van der Waals surface area contributed by atoms with Crippen LogP contribution in [0.15, 0.2) is 36.7 Å². The molecule has 92 valence electrons. The molecule has 0 aliphatic rings. The van der Waals surface area contributed by atoms with Gasteiger partial charge < -0.3 is 5.32 Å². The van der Waals surface area contributed by atoms with Crippen LogP contribution >= 0.6 is 22.9 Å². The molecule has 0 bridgehead atoms. The lowest BCUT2D eigenvalue weighted by Gasteiger charge is -2.02. The molecule has 4 nitrogen and oxygen atoms in total. The second-order valence-electron chi connectivity index (χ2n) is 3.79. The summed E-state index contributed by atoms with van der Waals surface area (Å²) in [6.45, 7) is 0. The Morgan fingerprint density at radius 2 is 2.21 bits per heavy atom. The number of anilines is 2. The monoisotopic (exact) mass is 286 g/mol. The van der Waals surface area contributed by atoms with E-state index in [0.29, 0.717) is 21.4 Å². The molecule has 2 heterocycles. The van der Waals surface area contributed by atoms with Gasteiger partial charge >= 0.3 is 0 Å². The predicted molar refractivity (Wildman–Crippen MR) is 76.9 cm³/mol. The lowest BCUT2D eigenvalue weighted by atomic mass is 10.2. The van der Waals surface area contributed by atoms with Gasteiger partial charge in [-0.3, -0.25) is 4.98 Å². The number of nitrogens with one attached hydrogen (secondary N) is 1. The molecule has 1 aromatic carbocycles. The van der Waals surface area contributed by atoms with Crippen LogP contribution in [0.3, 0.4) is 0 Å². The van der Waals surface area contributed by atoms with Crippen molar-refractivity contribution < 1.29 is 0 Å². The molecule has 0 saturated heterocycles. The molecule has 19 heavy (non-hydrogen) atoms. The average Bonchev–Trinajstić information content (AvgIpc) is 2.80. The zero-order valence-corrected chi connectivity index (χ0v) is 11.2. The quantitative estimate of drug-likeness (QED) is 0.774. The highest BCUT2D eigenvalue weighted by Gasteiger charge is 2.07. The van der Waals surface area contributed by atoms with Crippen LogP contribution in [-0.4, -0.2) is 9.97 Å². The van der Waals surface area contributed by atoms with Crippen molar-refractivity contribution in [1.82, 2.24) is 9.97 Å². The average molecular weight is 287 g/mol. The van der Waals surface area contributed by atoms with Crippen LogP contribution in [-0.2, 0) is 0 Å². The van der Waals surface area contributed by atoms with E-state index in [9.17, 15) is 0 Å². The zero-order valence-electron chi connectivity index (χ0n) is 9.59. The third-order valence-electron chi connectivity index (χ3n) is 2.53. The molecule has 6 heteroatoms. The maximum Gasteiger partial charge on any atom is 0.188 e. The fourth-order valence-corrected chi connectivity index (χ4v) is 2.81. The van der Waals surface area contributed by atoms with E-state index in [1.54, 1.807) is 24.5 Å². The standard InChI is InChI=1S/C13H7ClN4S/c14-9-1-2-10-12(5-9)19-13(17-10)18-11-7-16-4-3-8(11)6-15/h1-5,7H,(H,17,18). The Morgan fingerprint density at radius 3 is 3.05 bits per heavy atom. The first kappa shape index (κ1) is 11.9. The van der Waals surface area contributed by atoms with Gasteiger partial charge in [0.25, 0.3) is 0 Å². The first-order valence-electron chi connectivity index (χ1n) is 5.43. The lowest BCUT2D eigenvalue weighted by molar-refractivity contribution is 1.30. The van der Waals surface area contributed by atoms with Crippen molar-refractivity contribution in [3.63, 3.8) is 0 Å². The maximum atomic E-state index is 9.02. The normalized spacial score (nSPS) is 10.3. The van der Waals surface area contributed by atoms with E-state index >= 15 is 0 Å². The van der Waals surface area contributed by atoms with Crippen molar-refractivity contribution in [3.8, 4) is 6.07 Å². The van der Waals surface area contributed by atoms with Crippen LogP contribution in [0.5, 0.6) is 0 Å². The molecule has 0 fully saturated rings. The van der Waals surface area contributed by atoms with Gasteiger partial charge in [0.15, 0.2) is 5.13 Å². The highest BCUT2D eigenvalue weighted by molar-refractivity contribution is 7.22. The molecule has 3 rings (SSSR count). The molecular formula is C13H7ClN4S. The van der Waals surface area contributed by atoms with Crippen molar-refractivity contribution in [3.05, 3.63) is 47.2 Å². The Hall–Kier alpha value is -2.16.